The van der Waals surface area contributed by atoms with Crippen molar-refractivity contribution in [1.29, 1.82) is 0 Å². The van der Waals surface area contributed by atoms with Gasteiger partial charge in [0, 0.05) is 28.6 Å². The van der Waals surface area contributed by atoms with Gasteiger partial charge in [0.25, 0.3) is 5.91 Å². The average molecular weight is 368 g/mol. The fourth-order valence-electron chi connectivity index (χ4n) is 4.56. The summed E-state index contributed by atoms with van der Waals surface area (Å²) in [5.74, 6) is 0.417. The largest absolute Gasteiger partial charge is 0.359 e. The maximum absolute atomic E-state index is 12.6. The number of aryl methyl sites for hydroxylation is 2. The van der Waals surface area contributed by atoms with Gasteiger partial charge in [-0.25, -0.2) is 0 Å². The molecule has 3 heteroatoms. The van der Waals surface area contributed by atoms with Crippen molar-refractivity contribution in [3.05, 3.63) is 88.2 Å². The molecule has 28 heavy (non-hydrogen) atoms. The molecule has 140 valence electrons. The van der Waals surface area contributed by atoms with Crippen LogP contribution < -0.4 is 5.32 Å². The summed E-state index contributed by atoms with van der Waals surface area (Å²) in [5, 5.41) is 2.99. The third-order valence-electron chi connectivity index (χ3n) is 6.03. The van der Waals surface area contributed by atoms with Crippen LogP contribution in [0.4, 0.5) is 5.69 Å². The number of carbonyl (C=O) groups excluding carboxylic acids is 1. The van der Waals surface area contributed by atoms with E-state index in [2.05, 4.69) is 65.8 Å². The van der Waals surface area contributed by atoms with Crippen LogP contribution in [0.3, 0.4) is 0 Å². The number of aromatic nitrogens is 1. The van der Waals surface area contributed by atoms with Crippen LogP contribution in [0, 0.1) is 0 Å². The zero-order valence-corrected chi connectivity index (χ0v) is 16.1. The van der Waals surface area contributed by atoms with Crippen LogP contribution in [-0.4, -0.2) is 10.9 Å². The zero-order valence-electron chi connectivity index (χ0n) is 16.1. The minimum absolute atomic E-state index is 0.0181. The standard InChI is InChI=1S/C25H24N2O/c1-2-16-11-12-24-20(13-16)22(25(28)27-24)15-18-14-21-19(9-6-10-23(21)26-18)17-7-4-3-5-8-17/h3-5,7-8,11-15,19,26H,2,6,9-10H2,1H3,(H,27,28). The number of amides is 1. The predicted octanol–water partition coefficient (Wildman–Crippen LogP) is 5.54. The number of hydrogen-bond acceptors (Lipinski definition) is 1. The molecule has 2 heterocycles. The first-order chi connectivity index (χ1) is 13.7. The lowest BCUT2D eigenvalue weighted by Crippen LogP contribution is -2.09. The van der Waals surface area contributed by atoms with Gasteiger partial charge < -0.3 is 10.3 Å². The molecule has 3 nitrogen and oxygen atoms in total. The van der Waals surface area contributed by atoms with Gasteiger partial charge in [-0.15, -0.1) is 0 Å². The van der Waals surface area contributed by atoms with Crippen LogP contribution >= 0.6 is 0 Å². The summed E-state index contributed by atoms with van der Waals surface area (Å²) in [6.45, 7) is 2.14. The molecule has 2 N–H and O–H groups in total. The van der Waals surface area contributed by atoms with Gasteiger partial charge >= 0.3 is 0 Å². The fourth-order valence-corrected chi connectivity index (χ4v) is 4.56. The van der Waals surface area contributed by atoms with E-state index < -0.39 is 0 Å². The number of H-pyrrole nitrogens is 1. The third kappa shape index (κ3) is 2.88. The second-order valence-electron chi connectivity index (χ2n) is 7.76. The molecule has 0 radical (unpaired) electrons. The Morgan fingerprint density at radius 3 is 2.79 bits per heavy atom. The van der Waals surface area contributed by atoms with Crippen LogP contribution in [0.25, 0.3) is 11.6 Å². The molecule has 1 aromatic heterocycles. The number of nitrogens with one attached hydrogen (secondary N) is 2. The highest BCUT2D eigenvalue weighted by molar-refractivity contribution is 6.34. The summed E-state index contributed by atoms with van der Waals surface area (Å²) in [6, 6.07) is 19.2. The molecule has 2 aliphatic rings. The highest BCUT2D eigenvalue weighted by Gasteiger charge is 2.26. The van der Waals surface area contributed by atoms with Gasteiger partial charge in [-0.2, -0.15) is 0 Å². The first-order valence-electron chi connectivity index (χ1n) is 10.2. The molecule has 1 unspecified atom stereocenters. The number of benzene rings is 2. The SMILES string of the molecule is CCc1ccc2c(c1)C(=Cc1cc3c([nH]1)CCCC3c1ccccc1)C(=O)N2. The van der Waals surface area contributed by atoms with E-state index >= 15 is 0 Å². The first kappa shape index (κ1) is 17.1. The number of fused-ring (bicyclic) bond motifs is 2. The van der Waals surface area contributed by atoms with Gasteiger partial charge in [-0.05, 0) is 66.6 Å². The van der Waals surface area contributed by atoms with Crippen molar-refractivity contribution in [1.82, 2.24) is 4.98 Å². The first-order valence-corrected chi connectivity index (χ1v) is 10.2. The Bertz CT molecular complexity index is 1080. The van der Waals surface area contributed by atoms with Gasteiger partial charge in [0.15, 0.2) is 0 Å². The summed E-state index contributed by atoms with van der Waals surface area (Å²) in [7, 11) is 0. The molecule has 3 aromatic rings. The van der Waals surface area contributed by atoms with Gasteiger partial charge in [0.2, 0.25) is 0 Å². The number of aromatic amines is 1. The lowest BCUT2D eigenvalue weighted by Gasteiger charge is -2.22. The summed E-state index contributed by atoms with van der Waals surface area (Å²) in [5.41, 5.74) is 9.00. The highest BCUT2D eigenvalue weighted by Crippen LogP contribution is 2.39. The third-order valence-corrected chi connectivity index (χ3v) is 6.03. The summed E-state index contributed by atoms with van der Waals surface area (Å²) in [4.78, 5) is 16.2. The van der Waals surface area contributed by atoms with E-state index in [0.29, 0.717) is 5.92 Å². The van der Waals surface area contributed by atoms with Crippen molar-refractivity contribution in [3.8, 4) is 0 Å². The number of carbonyl (C=O) groups is 1. The molecule has 0 spiro atoms. The summed E-state index contributed by atoms with van der Waals surface area (Å²) in [6.07, 6.45) is 6.41. The van der Waals surface area contributed by atoms with Gasteiger partial charge in [0.05, 0.1) is 5.57 Å². The van der Waals surface area contributed by atoms with E-state index in [1.165, 1.54) is 35.2 Å². The van der Waals surface area contributed by atoms with E-state index in [4.69, 9.17) is 0 Å². The Labute approximate surface area is 165 Å². The number of hydrogen-bond donors (Lipinski definition) is 2. The highest BCUT2D eigenvalue weighted by atomic mass is 16.2. The smallest absolute Gasteiger partial charge is 0.256 e. The molecule has 1 atom stereocenters. The summed E-state index contributed by atoms with van der Waals surface area (Å²) >= 11 is 0. The topological polar surface area (TPSA) is 44.9 Å². The lowest BCUT2D eigenvalue weighted by molar-refractivity contribution is -0.110. The van der Waals surface area contributed by atoms with Crippen LogP contribution in [0.1, 0.15) is 59.3 Å². The van der Waals surface area contributed by atoms with E-state index in [1.807, 2.05) is 12.1 Å². The quantitative estimate of drug-likeness (QED) is 0.586. The van der Waals surface area contributed by atoms with Crippen molar-refractivity contribution in [2.45, 2.75) is 38.5 Å². The van der Waals surface area contributed by atoms with Crippen LogP contribution in [0.5, 0.6) is 0 Å². The lowest BCUT2D eigenvalue weighted by atomic mass is 9.82. The molecule has 0 saturated heterocycles. The van der Waals surface area contributed by atoms with E-state index in [1.54, 1.807) is 0 Å². The van der Waals surface area contributed by atoms with Gasteiger partial charge in [-0.3, -0.25) is 4.79 Å². The monoisotopic (exact) mass is 368 g/mol. The summed E-state index contributed by atoms with van der Waals surface area (Å²) < 4.78 is 0. The van der Waals surface area contributed by atoms with Crippen molar-refractivity contribution >= 4 is 23.2 Å². The molecular weight excluding hydrogens is 344 g/mol. The fraction of sp³-hybridized carbons (Fsp3) is 0.240. The Morgan fingerprint density at radius 2 is 1.96 bits per heavy atom. The average Bonchev–Trinajstić information content (AvgIpc) is 3.28. The molecule has 0 bridgehead atoms. The molecule has 0 saturated carbocycles. The normalized spacial score (nSPS) is 19.4. The van der Waals surface area contributed by atoms with Gasteiger partial charge in [0.1, 0.15) is 0 Å². The minimum Gasteiger partial charge on any atom is -0.359 e. The van der Waals surface area contributed by atoms with Crippen molar-refractivity contribution in [2.75, 3.05) is 5.32 Å². The predicted molar refractivity (Wildman–Crippen MR) is 114 cm³/mol. The molecule has 1 amide bonds. The zero-order chi connectivity index (χ0) is 19.1. The Morgan fingerprint density at radius 1 is 1.11 bits per heavy atom. The molecule has 5 rings (SSSR count). The van der Waals surface area contributed by atoms with Crippen LogP contribution in [0.15, 0.2) is 54.6 Å². The molecular formula is C25H24N2O. The molecule has 1 aliphatic carbocycles. The maximum atomic E-state index is 12.6. The maximum Gasteiger partial charge on any atom is 0.256 e. The van der Waals surface area contributed by atoms with Crippen molar-refractivity contribution in [2.24, 2.45) is 0 Å². The molecule has 1 aliphatic heterocycles. The molecule has 0 fully saturated rings. The minimum atomic E-state index is -0.0181. The van der Waals surface area contributed by atoms with Crippen molar-refractivity contribution < 1.29 is 4.79 Å². The van der Waals surface area contributed by atoms with Crippen LogP contribution in [-0.2, 0) is 17.6 Å². The number of anilines is 1. The van der Waals surface area contributed by atoms with E-state index in [0.717, 1.165) is 35.4 Å². The molecule has 2 aromatic carbocycles. The Hall–Kier alpha value is -3.07. The Kier molecular flexibility index (Phi) is 4.16. The number of rotatable bonds is 3. The second-order valence-corrected chi connectivity index (χ2v) is 7.76. The van der Waals surface area contributed by atoms with Gasteiger partial charge in [-0.1, -0.05) is 43.3 Å². The van der Waals surface area contributed by atoms with Crippen molar-refractivity contribution in [3.63, 3.8) is 0 Å². The Balaban J connectivity index is 1.54. The van der Waals surface area contributed by atoms with E-state index in [-0.39, 0.29) is 5.91 Å². The van der Waals surface area contributed by atoms with Crippen LogP contribution in [0.2, 0.25) is 0 Å². The second kappa shape index (κ2) is 6.83. The van der Waals surface area contributed by atoms with E-state index in [9.17, 15) is 4.79 Å².